The van der Waals surface area contributed by atoms with Crippen molar-refractivity contribution in [1.82, 2.24) is 0 Å². The number of rotatable bonds is 2. The van der Waals surface area contributed by atoms with Crippen LogP contribution in [0.5, 0.6) is 0 Å². The predicted molar refractivity (Wildman–Crippen MR) is 54.3 cm³/mol. The molecule has 0 fully saturated rings. The number of carbonyl (C=O) groups is 1. The van der Waals surface area contributed by atoms with Crippen LogP contribution in [0.15, 0.2) is 23.1 Å². The Bertz CT molecular complexity index is 460. The van der Waals surface area contributed by atoms with E-state index < -0.39 is 26.4 Å². The summed E-state index contributed by atoms with van der Waals surface area (Å²) in [5.74, 6) is -2.02. The van der Waals surface area contributed by atoms with Crippen molar-refractivity contribution in [1.29, 1.82) is 0 Å². The molecule has 7 heteroatoms. The maximum Gasteiger partial charge on any atom is 0.204 e. The molecule has 1 amide bonds. The zero-order valence-electron chi connectivity index (χ0n) is 8.48. The van der Waals surface area contributed by atoms with Crippen molar-refractivity contribution in [3.05, 3.63) is 29.8 Å². The molecule has 0 unspecified atom stereocenters. The summed E-state index contributed by atoms with van der Waals surface area (Å²) in [6, 6.07) is 2.41. The van der Waals surface area contributed by atoms with Crippen molar-refractivity contribution < 1.29 is 22.0 Å². The summed E-state index contributed by atoms with van der Waals surface area (Å²) in [7, 11) is -3.59. The molecule has 0 saturated carbocycles. The number of halogens is 2. The molecule has 0 aliphatic carbocycles. The molecule has 0 saturated heterocycles. The van der Waals surface area contributed by atoms with Crippen LogP contribution >= 0.6 is 0 Å². The summed E-state index contributed by atoms with van der Waals surface area (Å²) >= 11 is 0. The number of hydrogen-bond acceptors (Lipinski definition) is 3. The van der Waals surface area contributed by atoms with Crippen LogP contribution in [0.25, 0.3) is 0 Å². The molecule has 90 valence electrons. The maximum absolute atomic E-state index is 12.9. The summed E-state index contributed by atoms with van der Waals surface area (Å²) in [6.07, 6.45) is 0.250. The third-order valence-electron chi connectivity index (χ3n) is 1.61. The Labute approximate surface area is 92.0 Å². The number of carbonyl (C=O) groups excluding carboxylic acids is 1. The van der Waals surface area contributed by atoms with E-state index >= 15 is 0 Å². The van der Waals surface area contributed by atoms with E-state index in [9.17, 15) is 17.2 Å². The Kier molecular flexibility index (Phi) is 5.59. The Balaban J connectivity index is 0.000000673. The summed E-state index contributed by atoms with van der Waals surface area (Å²) in [4.78, 5) is 8.14. The SMILES string of the molecule is CCS(=O)(=O)c1ccc(F)cc1F.NC=O. The fourth-order valence-corrected chi connectivity index (χ4v) is 1.83. The number of benzene rings is 1. The van der Waals surface area contributed by atoms with Crippen LogP contribution in [-0.2, 0) is 14.6 Å². The monoisotopic (exact) mass is 251 g/mol. The van der Waals surface area contributed by atoms with Crippen LogP contribution < -0.4 is 5.73 Å². The lowest BCUT2D eigenvalue weighted by molar-refractivity contribution is -0.106. The van der Waals surface area contributed by atoms with E-state index in [-0.39, 0.29) is 12.2 Å². The standard InChI is InChI=1S/C8H8F2O2S.CH3NO/c1-2-13(11,12)8-4-3-6(9)5-7(8)10;2-1-3/h3-5H,2H2,1H3;1H,(H2,2,3). The van der Waals surface area contributed by atoms with Crippen LogP contribution in [0.1, 0.15) is 6.92 Å². The first kappa shape index (κ1) is 14.5. The Morgan fingerprint density at radius 1 is 1.38 bits per heavy atom. The van der Waals surface area contributed by atoms with Crippen LogP contribution in [0, 0.1) is 11.6 Å². The zero-order chi connectivity index (χ0) is 12.8. The summed E-state index contributed by atoms with van der Waals surface area (Å²) in [5.41, 5.74) is 4.17. The average molecular weight is 251 g/mol. The predicted octanol–water partition coefficient (Wildman–Crippen LogP) is 0.860. The Morgan fingerprint density at radius 2 is 1.88 bits per heavy atom. The fourth-order valence-electron chi connectivity index (χ4n) is 0.883. The molecule has 1 aromatic carbocycles. The minimum atomic E-state index is -3.59. The van der Waals surface area contributed by atoms with E-state index in [1.807, 2.05) is 0 Å². The highest BCUT2D eigenvalue weighted by molar-refractivity contribution is 7.91. The third kappa shape index (κ3) is 3.93. The quantitative estimate of drug-likeness (QED) is 0.625. The highest BCUT2D eigenvalue weighted by Crippen LogP contribution is 2.16. The van der Waals surface area contributed by atoms with Crippen molar-refractivity contribution in [3.8, 4) is 0 Å². The van der Waals surface area contributed by atoms with Crippen LogP contribution in [-0.4, -0.2) is 20.6 Å². The first-order valence-corrected chi connectivity index (χ1v) is 5.87. The van der Waals surface area contributed by atoms with Gasteiger partial charge in [-0.3, -0.25) is 4.79 Å². The number of sulfone groups is 1. The van der Waals surface area contributed by atoms with Gasteiger partial charge in [0.15, 0.2) is 9.84 Å². The lowest BCUT2D eigenvalue weighted by Crippen LogP contribution is -2.06. The van der Waals surface area contributed by atoms with Crippen LogP contribution in [0.3, 0.4) is 0 Å². The van der Waals surface area contributed by atoms with Gasteiger partial charge >= 0.3 is 0 Å². The molecule has 1 aromatic rings. The minimum absolute atomic E-state index is 0.199. The minimum Gasteiger partial charge on any atom is -0.372 e. The average Bonchev–Trinajstić information content (AvgIpc) is 2.18. The summed E-state index contributed by atoms with van der Waals surface area (Å²) in [5, 5.41) is 0. The second-order valence-electron chi connectivity index (χ2n) is 2.61. The Hall–Kier alpha value is -1.50. The summed E-state index contributed by atoms with van der Waals surface area (Å²) < 4.78 is 47.7. The largest absolute Gasteiger partial charge is 0.372 e. The number of amides is 1. The number of nitrogens with two attached hydrogens (primary N) is 1. The van der Waals surface area contributed by atoms with E-state index in [2.05, 4.69) is 5.73 Å². The molecule has 0 heterocycles. The van der Waals surface area contributed by atoms with Crippen molar-refractivity contribution in [2.75, 3.05) is 5.75 Å². The first-order valence-electron chi connectivity index (χ1n) is 4.22. The molecule has 2 N–H and O–H groups in total. The van der Waals surface area contributed by atoms with Crippen molar-refractivity contribution in [3.63, 3.8) is 0 Å². The zero-order valence-corrected chi connectivity index (χ0v) is 9.30. The number of primary amides is 1. The van der Waals surface area contributed by atoms with E-state index in [0.29, 0.717) is 6.07 Å². The van der Waals surface area contributed by atoms with Crippen LogP contribution in [0.4, 0.5) is 8.78 Å². The maximum atomic E-state index is 12.9. The van der Waals surface area contributed by atoms with Gasteiger partial charge in [-0.25, -0.2) is 17.2 Å². The van der Waals surface area contributed by atoms with Gasteiger partial charge in [-0.1, -0.05) is 6.92 Å². The molecule has 0 atom stereocenters. The highest BCUT2D eigenvalue weighted by Gasteiger charge is 2.16. The number of hydrogen-bond donors (Lipinski definition) is 1. The molecule has 0 aromatic heterocycles. The lowest BCUT2D eigenvalue weighted by Gasteiger charge is -2.01. The van der Waals surface area contributed by atoms with Gasteiger partial charge in [0.2, 0.25) is 6.41 Å². The van der Waals surface area contributed by atoms with E-state index in [4.69, 9.17) is 4.79 Å². The van der Waals surface area contributed by atoms with Gasteiger partial charge in [0.25, 0.3) is 0 Å². The summed E-state index contributed by atoms with van der Waals surface area (Å²) in [6.45, 7) is 1.40. The molecule has 0 aliphatic heterocycles. The fraction of sp³-hybridized carbons (Fsp3) is 0.222. The molecule has 4 nitrogen and oxygen atoms in total. The molecule has 1 rings (SSSR count). The second kappa shape index (κ2) is 6.16. The van der Waals surface area contributed by atoms with Gasteiger partial charge in [-0.05, 0) is 12.1 Å². The normalized spacial score (nSPS) is 10.2. The molecule has 0 aliphatic rings. The van der Waals surface area contributed by atoms with E-state index in [1.165, 1.54) is 6.92 Å². The van der Waals surface area contributed by atoms with E-state index in [1.54, 1.807) is 0 Å². The van der Waals surface area contributed by atoms with Crippen molar-refractivity contribution >= 4 is 16.2 Å². The smallest absolute Gasteiger partial charge is 0.204 e. The van der Waals surface area contributed by atoms with Gasteiger partial charge in [0.05, 0.1) is 5.75 Å². The third-order valence-corrected chi connectivity index (χ3v) is 3.37. The van der Waals surface area contributed by atoms with Gasteiger partial charge < -0.3 is 5.73 Å². The van der Waals surface area contributed by atoms with Gasteiger partial charge in [-0.15, -0.1) is 0 Å². The molecule has 16 heavy (non-hydrogen) atoms. The van der Waals surface area contributed by atoms with Gasteiger partial charge in [-0.2, -0.15) is 0 Å². The molecular weight excluding hydrogens is 240 g/mol. The van der Waals surface area contributed by atoms with Gasteiger partial charge in [0.1, 0.15) is 16.5 Å². The Morgan fingerprint density at radius 3 is 2.25 bits per heavy atom. The molecule has 0 radical (unpaired) electrons. The molecule has 0 spiro atoms. The van der Waals surface area contributed by atoms with E-state index in [0.717, 1.165) is 12.1 Å². The highest BCUT2D eigenvalue weighted by atomic mass is 32.2. The topological polar surface area (TPSA) is 77.2 Å². The van der Waals surface area contributed by atoms with Crippen molar-refractivity contribution in [2.24, 2.45) is 5.73 Å². The van der Waals surface area contributed by atoms with Crippen molar-refractivity contribution in [2.45, 2.75) is 11.8 Å². The first-order chi connectivity index (χ1) is 7.38. The molecule has 0 bridgehead atoms. The molecular formula is C9H11F2NO3S. The van der Waals surface area contributed by atoms with Gasteiger partial charge in [0, 0.05) is 6.07 Å². The second-order valence-corrected chi connectivity index (χ2v) is 4.86. The van der Waals surface area contributed by atoms with Crippen LogP contribution in [0.2, 0.25) is 0 Å². The lowest BCUT2D eigenvalue weighted by atomic mass is 10.3.